The first kappa shape index (κ1) is 27.0. The molecule has 7 heteroatoms. The Hall–Kier alpha value is -4.91. The van der Waals surface area contributed by atoms with Crippen molar-refractivity contribution in [3.63, 3.8) is 0 Å². The summed E-state index contributed by atoms with van der Waals surface area (Å²) in [5.74, 6) is 1.08. The maximum Gasteiger partial charge on any atom is 0.409 e. The molecule has 216 valence electrons. The van der Waals surface area contributed by atoms with Crippen molar-refractivity contribution >= 4 is 22.6 Å². The maximum absolute atomic E-state index is 13.2. The molecule has 5 aromatic rings. The highest BCUT2D eigenvalue weighted by molar-refractivity contribution is 5.98. The van der Waals surface area contributed by atoms with Crippen molar-refractivity contribution in [2.24, 2.45) is 0 Å². The van der Waals surface area contributed by atoms with E-state index >= 15 is 0 Å². The third-order valence-corrected chi connectivity index (χ3v) is 8.70. The fourth-order valence-corrected chi connectivity index (χ4v) is 6.45. The lowest BCUT2D eigenvalue weighted by Crippen LogP contribution is -2.43. The van der Waals surface area contributed by atoms with Crippen LogP contribution in [0.4, 0.5) is 10.5 Å². The standard InChI is InChI=1S/C36H34N4O3/c1-2-35-37-16-13-33(39-35)24-19-23-11-12-26(41)21-31(23)34(20-24)38-25-14-17-40(18-15-25)36(42)43-22-32-29-9-5-3-7-27(29)28-8-4-6-10-30(28)32/h3-13,16,19-21,25,32,38,41H,2,14-15,17-18,22H2,1H3. The molecule has 7 nitrogen and oxygen atoms in total. The summed E-state index contributed by atoms with van der Waals surface area (Å²) in [6.45, 7) is 3.60. The topological polar surface area (TPSA) is 87.6 Å². The van der Waals surface area contributed by atoms with Gasteiger partial charge < -0.3 is 20.1 Å². The first-order valence-electron chi connectivity index (χ1n) is 15.0. The lowest BCUT2D eigenvalue weighted by molar-refractivity contribution is 0.0916. The Labute approximate surface area is 251 Å². The number of nitrogens with one attached hydrogen (secondary N) is 1. The van der Waals surface area contributed by atoms with Gasteiger partial charge in [0.25, 0.3) is 0 Å². The SMILES string of the molecule is CCc1nccc(-c2cc(NC3CCN(C(=O)OCC4c5ccccc5-c5ccccc54)CC3)c3cc(O)ccc3c2)n1. The summed E-state index contributed by atoms with van der Waals surface area (Å²) in [4.78, 5) is 24.0. The minimum Gasteiger partial charge on any atom is -0.508 e. The van der Waals surface area contributed by atoms with Crippen LogP contribution in [0.5, 0.6) is 5.75 Å². The predicted octanol–water partition coefficient (Wildman–Crippen LogP) is 7.39. The number of phenolic OH excluding ortho intramolecular Hbond substituents is 1. The number of anilines is 1. The quantitative estimate of drug-likeness (QED) is 0.221. The van der Waals surface area contributed by atoms with Gasteiger partial charge in [-0.25, -0.2) is 14.8 Å². The number of ether oxygens (including phenoxy) is 1. The average Bonchev–Trinajstić information content (AvgIpc) is 3.37. The van der Waals surface area contributed by atoms with Crippen molar-refractivity contribution in [3.05, 3.63) is 108 Å². The van der Waals surface area contributed by atoms with Gasteiger partial charge in [-0.1, -0.05) is 61.5 Å². The van der Waals surface area contributed by atoms with Gasteiger partial charge in [-0.15, -0.1) is 0 Å². The van der Waals surface area contributed by atoms with E-state index in [4.69, 9.17) is 9.72 Å². The molecule has 0 atom stereocenters. The van der Waals surface area contributed by atoms with Crippen LogP contribution in [-0.2, 0) is 11.2 Å². The van der Waals surface area contributed by atoms with E-state index < -0.39 is 0 Å². The zero-order valence-corrected chi connectivity index (χ0v) is 24.2. The number of carbonyl (C=O) groups is 1. The van der Waals surface area contributed by atoms with Crippen molar-refractivity contribution in [2.75, 3.05) is 25.0 Å². The summed E-state index contributed by atoms with van der Waals surface area (Å²) in [7, 11) is 0. The van der Waals surface area contributed by atoms with E-state index in [1.54, 1.807) is 18.3 Å². The molecule has 1 aromatic heterocycles. The normalized spacial score (nSPS) is 14.9. The molecule has 0 saturated carbocycles. The monoisotopic (exact) mass is 570 g/mol. The Kier molecular flexibility index (Phi) is 7.15. The Bertz CT molecular complexity index is 1770. The van der Waals surface area contributed by atoms with Crippen LogP contribution in [0.25, 0.3) is 33.2 Å². The van der Waals surface area contributed by atoms with Gasteiger partial charge in [0.2, 0.25) is 0 Å². The van der Waals surface area contributed by atoms with Gasteiger partial charge in [-0.2, -0.15) is 0 Å². The van der Waals surface area contributed by atoms with Crippen LogP contribution in [0.15, 0.2) is 91.1 Å². The van der Waals surface area contributed by atoms with E-state index in [1.807, 2.05) is 36.1 Å². The predicted molar refractivity (Wildman–Crippen MR) is 169 cm³/mol. The minimum absolute atomic E-state index is 0.0517. The summed E-state index contributed by atoms with van der Waals surface area (Å²) in [6, 6.07) is 28.5. The van der Waals surface area contributed by atoms with Gasteiger partial charge in [-0.3, -0.25) is 0 Å². The Balaban J connectivity index is 1.03. The lowest BCUT2D eigenvalue weighted by Gasteiger charge is -2.33. The zero-order chi connectivity index (χ0) is 29.3. The van der Waals surface area contributed by atoms with E-state index in [2.05, 4.69) is 58.8 Å². The van der Waals surface area contributed by atoms with Crippen molar-refractivity contribution in [2.45, 2.75) is 38.1 Å². The van der Waals surface area contributed by atoms with E-state index in [0.29, 0.717) is 19.7 Å². The highest BCUT2D eigenvalue weighted by Gasteiger charge is 2.30. The first-order chi connectivity index (χ1) is 21.1. The maximum atomic E-state index is 13.2. The molecule has 0 unspecified atom stereocenters. The Morgan fingerprint density at radius 3 is 2.40 bits per heavy atom. The zero-order valence-electron chi connectivity index (χ0n) is 24.2. The van der Waals surface area contributed by atoms with Gasteiger partial charge in [-0.05, 0) is 70.8 Å². The molecule has 7 rings (SSSR count). The molecule has 2 aliphatic rings. The lowest BCUT2D eigenvalue weighted by atomic mass is 9.98. The molecular formula is C36H34N4O3. The van der Waals surface area contributed by atoms with Crippen molar-refractivity contribution in [1.29, 1.82) is 0 Å². The number of rotatable bonds is 6. The third kappa shape index (κ3) is 5.27. The molecule has 0 spiro atoms. The smallest absolute Gasteiger partial charge is 0.409 e. The number of likely N-dealkylation sites (tertiary alicyclic amines) is 1. The first-order valence-corrected chi connectivity index (χ1v) is 15.0. The van der Waals surface area contributed by atoms with Crippen LogP contribution in [0.2, 0.25) is 0 Å². The van der Waals surface area contributed by atoms with Crippen molar-refractivity contribution < 1.29 is 14.6 Å². The molecule has 4 aromatic carbocycles. The van der Waals surface area contributed by atoms with Crippen LogP contribution < -0.4 is 5.32 Å². The number of aromatic nitrogens is 2. The number of carbonyl (C=O) groups excluding carboxylic acids is 1. The van der Waals surface area contributed by atoms with Gasteiger partial charge in [0.15, 0.2) is 0 Å². The molecule has 1 fully saturated rings. The summed E-state index contributed by atoms with van der Waals surface area (Å²) in [6.07, 6.45) is 3.90. The number of hydrogen-bond donors (Lipinski definition) is 2. The van der Waals surface area contributed by atoms with Crippen molar-refractivity contribution in [3.8, 4) is 28.1 Å². The molecule has 2 N–H and O–H groups in total. The van der Waals surface area contributed by atoms with Gasteiger partial charge in [0.05, 0.1) is 5.69 Å². The minimum atomic E-state index is -0.256. The fourth-order valence-electron chi connectivity index (χ4n) is 6.45. The summed E-state index contributed by atoms with van der Waals surface area (Å²) < 4.78 is 5.91. The number of amides is 1. The van der Waals surface area contributed by atoms with Crippen LogP contribution in [0.3, 0.4) is 0 Å². The number of fused-ring (bicyclic) bond motifs is 4. The number of nitrogens with zero attached hydrogens (tertiary/aromatic N) is 3. The number of piperidine rings is 1. The molecule has 0 radical (unpaired) electrons. The summed E-state index contributed by atoms with van der Waals surface area (Å²) in [5, 5.41) is 15.9. The highest BCUT2D eigenvalue weighted by Crippen LogP contribution is 2.44. The Morgan fingerprint density at radius 2 is 1.67 bits per heavy atom. The molecule has 1 amide bonds. The molecule has 1 aliphatic carbocycles. The molecule has 2 heterocycles. The Morgan fingerprint density at radius 1 is 0.953 bits per heavy atom. The molecule has 1 saturated heterocycles. The third-order valence-electron chi connectivity index (χ3n) is 8.70. The van der Waals surface area contributed by atoms with E-state index in [0.717, 1.165) is 52.8 Å². The molecule has 0 bridgehead atoms. The van der Waals surface area contributed by atoms with Gasteiger partial charge >= 0.3 is 6.09 Å². The second-order valence-corrected chi connectivity index (χ2v) is 11.4. The number of aromatic hydroxyl groups is 1. The number of hydrogen-bond acceptors (Lipinski definition) is 6. The second kappa shape index (κ2) is 11.4. The number of benzene rings is 4. The summed E-state index contributed by atoms with van der Waals surface area (Å²) >= 11 is 0. The van der Waals surface area contributed by atoms with Gasteiger partial charge in [0.1, 0.15) is 18.2 Å². The van der Waals surface area contributed by atoms with Crippen LogP contribution in [0, 0.1) is 0 Å². The molecule has 1 aliphatic heterocycles. The van der Waals surface area contributed by atoms with Gasteiger partial charge in [0, 0.05) is 54.3 Å². The van der Waals surface area contributed by atoms with Crippen LogP contribution >= 0.6 is 0 Å². The number of phenols is 1. The van der Waals surface area contributed by atoms with Crippen molar-refractivity contribution in [1.82, 2.24) is 14.9 Å². The molecular weight excluding hydrogens is 536 g/mol. The summed E-state index contributed by atoms with van der Waals surface area (Å²) in [5.41, 5.74) is 7.69. The van der Waals surface area contributed by atoms with E-state index in [9.17, 15) is 9.90 Å². The van der Waals surface area contributed by atoms with Crippen LogP contribution in [0.1, 0.15) is 42.6 Å². The fraction of sp³-hybridized carbons (Fsp3) is 0.250. The van der Waals surface area contributed by atoms with E-state index in [1.165, 1.54) is 22.3 Å². The molecule has 43 heavy (non-hydrogen) atoms. The highest BCUT2D eigenvalue weighted by atomic mass is 16.6. The van der Waals surface area contributed by atoms with Crippen LogP contribution in [-0.4, -0.2) is 51.8 Å². The second-order valence-electron chi connectivity index (χ2n) is 11.4. The average molecular weight is 571 g/mol. The largest absolute Gasteiger partial charge is 0.508 e. The van der Waals surface area contributed by atoms with E-state index in [-0.39, 0.29) is 23.8 Å². The number of aryl methyl sites for hydroxylation is 1.